The summed E-state index contributed by atoms with van der Waals surface area (Å²) in [5.74, 6) is 1.58. The summed E-state index contributed by atoms with van der Waals surface area (Å²) >= 11 is 0. The number of ether oxygens (including phenoxy) is 1. The van der Waals surface area contributed by atoms with Crippen LogP contribution in [0.4, 0.5) is 5.82 Å². The summed E-state index contributed by atoms with van der Waals surface area (Å²) in [6.45, 7) is 4.49. The lowest BCUT2D eigenvalue weighted by Crippen LogP contribution is -2.52. The van der Waals surface area contributed by atoms with Crippen molar-refractivity contribution < 1.29 is 9.53 Å². The lowest BCUT2D eigenvalue weighted by atomic mass is 10.2. The molecule has 1 aliphatic rings. The lowest BCUT2D eigenvalue weighted by Gasteiger charge is -2.36. The molecule has 8 nitrogen and oxygen atoms in total. The molecule has 1 aromatic carbocycles. The Hall–Kier alpha value is -3.16. The van der Waals surface area contributed by atoms with Gasteiger partial charge in [0.2, 0.25) is 0 Å². The molecule has 27 heavy (non-hydrogen) atoms. The topological polar surface area (TPSA) is 76.4 Å². The van der Waals surface area contributed by atoms with Crippen LogP contribution < -0.4 is 9.64 Å². The zero-order valence-electron chi connectivity index (χ0n) is 15.4. The highest BCUT2D eigenvalue weighted by Gasteiger charge is 2.27. The van der Waals surface area contributed by atoms with Gasteiger partial charge in [0.25, 0.3) is 5.91 Å². The number of fused-ring (bicyclic) bond motifs is 1. The highest BCUT2D eigenvalue weighted by atomic mass is 16.5. The molecule has 0 radical (unpaired) electrons. The number of para-hydroxylation sites is 1. The largest absolute Gasteiger partial charge is 0.481 e. The van der Waals surface area contributed by atoms with E-state index in [1.807, 2.05) is 42.3 Å². The second-order valence-corrected chi connectivity index (χ2v) is 6.59. The second kappa shape index (κ2) is 7.22. The molecule has 0 spiro atoms. The van der Waals surface area contributed by atoms with Gasteiger partial charge < -0.3 is 14.5 Å². The van der Waals surface area contributed by atoms with E-state index in [0.29, 0.717) is 31.9 Å². The van der Waals surface area contributed by atoms with E-state index in [2.05, 4.69) is 20.0 Å². The molecule has 3 heterocycles. The number of hydrogen-bond donors (Lipinski definition) is 0. The zero-order valence-corrected chi connectivity index (χ0v) is 15.4. The summed E-state index contributed by atoms with van der Waals surface area (Å²) in [6.07, 6.45) is 2.84. The summed E-state index contributed by atoms with van der Waals surface area (Å²) in [5, 5.41) is 5.19. The average molecular weight is 366 g/mol. The molecule has 0 aliphatic carbocycles. The fourth-order valence-corrected chi connectivity index (χ4v) is 3.35. The number of amides is 1. The van der Waals surface area contributed by atoms with Gasteiger partial charge in [-0.3, -0.25) is 9.48 Å². The zero-order chi connectivity index (χ0) is 18.8. The van der Waals surface area contributed by atoms with Crippen LogP contribution in [0.5, 0.6) is 5.75 Å². The molecule has 1 saturated heterocycles. The minimum Gasteiger partial charge on any atom is -0.481 e. The number of carbonyl (C=O) groups is 1. The van der Waals surface area contributed by atoms with Gasteiger partial charge in [-0.2, -0.15) is 5.10 Å². The standard InChI is InChI=1S/C19H22N6O2/c1-14(27-15-6-4-3-5-7-15)19(26)25-10-8-24(9-11-25)18-16-12-22-23(2)17(16)20-13-21-18/h3-7,12-14H,8-11H2,1-2H3/t14-/m1/s1. The first-order valence-corrected chi connectivity index (χ1v) is 9.01. The van der Waals surface area contributed by atoms with Crippen molar-refractivity contribution in [2.45, 2.75) is 13.0 Å². The molecule has 1 amide bonds. The minimum absolute atomic E-state index is 0.00714. The van der Waals surface area contributed by atoms with Crippen LogP contribution in [0.1, 0.15) is 6.92 Å². The molecule has 2 aromatic heterocycles. The van der Waals surface area contributed by atoms with Crippen LogP contribution in [0.2, 0.25) is 0 Å². The van der Waals surface area contributed by atoms with Crippen molar-refractivity contribution in [3.05, 3.63) is 42.9 Å². The van der Waals surface area contributed by atoms with E-state index in [1.165, 1.54) is 0 Å². The van der Waals surface area contributed by atoms with Crippen molar-refractivity contribution in [2.75, 3.05) is 31.1 Å². The van der Waals surface area contributed by atoms with Crippen LogP contribution in [-0.2, 0) is 11.8 Å². The van der Waals surface area contributed by atoms with E-state index in [4.69, 9.17) is 4.74 Å². The van der Waals surface area contributed by atoms with Crippen LogP contribution in [0.15, 0.2) is 42.9 Å². The molecule has 0 bridgehead atoms. The van der Waals surface area contributed by atoms with Crippen LogP contribution >= 0.6 is 0 Å². The Labute approximate surface area is 157 Å². The van der Waals surface area contributed by atoms with Gasteiger partial charge in [-0.15, -0.1) is 0 Å². The van der Waals surface area contributed by atoms with Gasteiger partial charge in [0.15, 0.2) is 11.8 Å². The van der Waals surface area contributed by atoms with Crippen molar-refractivity contribution >= 4 is 22.8 Å². The number of nitrogens with zero attached hydrogens (tertiary/aromatic N) is 6. The third-order valence-electron chi connectivity index (χ3n) is 4.80. The fraction of sp³-hybridized carbons (Fsp3) is 0.368. The third-order valence-corrected chi connectivity index (χ3v) is 4.80. The van der Waals surface area contributed by atoms with Crippen molar-refractivity contribution in [1.82, 2.24) is 24.6 Å². The van der Waals surface area contributed by atoms with Crippen LogP contribution in [0.3, 0.4) is 0 Å². The molecule has 140 valence electrons. The van der Waals surface area contributed by atoms with Gasteiger partial charge in [0, 0.05) is 33.2 Å². The summed E-state index contributed by atoms with van der Waals surface area (Å²) < 4.78 is 7.50. The minimum atomic E-state index is -0.511. The van der Waals surface area contributed by atoms with Crippen LogP contribution in [0.25, 0.3) is 11.0 Å². The molecule has 1 fully saturated rings. The Bertz CT molecular complexity index is 934. The maximum atomic E-state index is 12.7. The molecule has 3 aromatic rings. The van der Waals surface area contributed by atoms with E-state index in [9.17, 15) is 4.79 Å². The monoisotopic (exact) mass is 366 g/mol. The SMILES string of the molecule is C[C@@H](Oc1ccccc1)C(=O)N1CCN(c2ncnc3c2cnn3C)CC1. The lowest BCUT2D eigenvalue weighted by molar-refractivity contribution is -0.138. The molecule has 0 N–H and O–H groups in total. The molecule has 0 saturated carbocycles. The number of piperazine rings is 1. The van der Waals surface area contributed by atoms with Crippen molar-refractivity contribution in [2.24, 2.45) is 7.05 Å². The van der Waals surface area contributed by atoms with E-state index in [-0.39, 0.29) is 5.91 Å². The molecule has 8 heteroatoms. The number of aryl methyl sites for hydroxylation is 1. The highest BCUT2D eigenvalue weighted by molar-refractivity contribution is 5.87. The summed E-state index contributed by atoms with van der Waals surface area (Å²) in [5.41, 5.74) is 0.809. The second-order valence-electron chi connectivity index (χ2n) is 6.59. The molecule has 0 unspecified atom stereocenters. The first-order chi connectivity index (χ1) is 13.1. The smallest absolute Gasteiger partial charge is 0.263 e. The van der Waals surface area contributed by atoms with Gasteiger partial charge in [0.05, 0.1) is 11.6 Å². The van der Waals surface area contributed by atoms with Crippen LogP contribution in [-0.4, -0.2) is 62.8 Å². The van der Waals surface area contributed by atoms with Crippen molar-refractivity contribution in [3.63, 3.8) is 0 Å². The van der Waals surface area contributed by atoms with Crippen LogP contribution in [0, 0.1) is 0 Å². The summed E-state index contributed by atoms with van der Waals surface area (Å²) in [6, 6.07) is 9.43. The van der Waals surface area contributed by atoms with Crippen molar-refractivity contribution in [3.8, 4) is 5.75 Å². The quantitative estimate of drug-likeness (QED) is 0.696. The van der Waals surface area contributed by atoms with Gasteiger partial charge in [0.1, 0.15) is 17.9 Å². The Kier molecular flexibility index (Phi) is 4.62. The average Bonchev–Trinajstić information content (AvgIpc) is 3.09. The van der Waals surface area contributed by atoms with E-state index in [1.54, 1.807) is 24.1 Å². The first kappa shape index (κ1) is 17.3. The van der Waals surface area contributed by atoms with Crippen molar-refractivity contribution in [1.29, 1.82) is 0 Å². The summed E-state index contributed by atoms with van der Waals surface area (Å²) in [4.78, 5) is 25.5. The number of hydrogen-bond acceptors (Lipinski definition) is 6. The third kappa shape index (κ3) is 3.42. The predicted molar refractivity (Wildman–Crippen MR) is 102 cm³/mol. The molecule has 1 atom stereocenters. The van der Waals surface area contributed by atoms with E-state index in [0.717, 1.165) is 16.9 Å². The molecular formula is C19H22N6O2. The van der Waals surface area contributed by atoms with E-state index >= 15 is 0 Å². The first-order valence-electron chi connectivity index (χ1n) is 9.01. The van der Waals surface area contributed by atoms with Gasteiger partial charge in [-0.1, -0.05) is 18.2 Å². The summed E-state index contributed by atoms with van der Waals surface area (Å²) in [7, 11) is 1.86. The Morgan fingerprint density at radius 1 is 1.11 bits per heavy atom. The van der Waals surface area contributed by atoms with Gasteiger partial charge in [-0.05, 0) is 19.1 Å². The maximum absolute atomic E-state index is 12.7. The number of aromatic nitrogens is 4. The molecule has 1 aliphatic heterocycles. The molecule has 4 rings (SSSR count). The maximum Gasteiger partial charge on any atom is 0.263 e. The van der Waals surface area contributed by atoms with Gasteiger partial charge >= 0.3 is 0 Å². The Morgan fingerprint density at radius 2 is 1.85 bits per heavy atom. The number of rotatable bonds is 4. The van der Waals surface area contributed by atoms with E-state index < -0.39 is 6.10 Å². The van der Waals surface area contributed by atoms with Gasteiger partial charge in [-0.25, -0.2) is 9.97 Å². The normalized spacial score (nSPS) is 15.8. The number of benzene rings is 1. The number of carbonyl (C=O) groups excluding carboxylic acids is 1. The number of anilines is 1. The predicted octanol–water partition coefficient (Wildman–Crippen LogP) is 1.48. The fourth-order valence-electron chi connectivity index (χ4n) is 3.35. The molecular weight excluding hydrogens is 344 g/mol. The Morgan fingerprint density at radius 3 is 2.59 bits per heavy atom. The highest BCUT2D eigenvalue weighted by Crippen LogP contribution is 2.23. The Balaban J connectivity index is 1.40.